The minimum absolute atomic E-state index is 0.228. The van der Waals surface area contributed by atoms with Gasteiger partial charge in [0.2, 0.25) is 0 Å². The molecule has 0 amide bonds. The number of carbonyl (C=O) groups excluding carboxylic acids is 4. The van der Waals surface area contributed by atoms with Gasteiger partial charge in [0.05, 0.1) is 29.9 Å². The molecule has 2 N–H and O–H groups in total. The normalized spacial score (nSPS) is 10.5. The second kappa shape index (κ2) is 19.6. The fourth-order valence-electron chi connectivity index (χ4n) is 5.09. The molecule has 0 aliphatic heterocycles. The van der Waals surface area contributed by atoms with E-state index in [9.17, 15) is 29.2 Å². The van der Waals surface area contributed by atoms with Crippen LogP contribution in [-0.2, 0) is 16.1 Å². The molecule has 0 aromatic heterocycles. The highest BCUT2D eigenvalue weighted by Gasteiger charge is 2.18. The summed E-state index contributed by atoms with van der Waals surface area (Å²) in [5, 5.41) is 18.4. The van der Waals surface area contributed by atoms with Gasteiger partial charge in [0.25, 0.3) is 0 Å². The van der Waals surface area contributed by atoms with Crippen LogP contribution in [0.25, 0.3) is 0 Å². The van der Waals surface area contributed by atoms with E-state index in [0.717, 1.165) is 11.6 Å². The van der Waals surface area contributed by atoms with Crippen LogP contribution >= 0.6 is 0 Å². The Morgan fingerprint density at radius 3 is 1.54 bits per heavy atom. The van der Waals surface area contributed by atoms with Gasteiger partial charge in [0, 0.05) is 6.08 Å². The van der Waals surface area contributed by atoms with E-state index in [0.29, 0.717) is 64.4 Å². The van der Waals surface area contributed by atoms with Crippen LogP contribution < -0.4 is 29.1 Å². The smallest absolute Gasteiger partial charge is 0.488 e. The molecule has 0 atom stereocenters. The average molecular weight is 759 g/mol. The second-order valence-corrected chi connectivity index (χ2v) is 12.4. The monoisotopic (exact) mass is 758 g/mol. The number of esters is 4. The Labute approximate surface area is 324 Å². The van der Waals surface area contributed by atoms with Crippen LogP contribution in [0.3, 0.4) is 0 Å². The Bertz CT molecular complexity index is 2140. The molecule has 5 aromatic rings. The molecule has 0 unspecified atom stereocenters. The molecular formula is C43H39BO12. The summed E-state index contributed by atoms with van der Waals surface area (Å²) in [7, 11) is -1.55. The van der Waals surface area contributed by atoms with Gasteiger partial charge in [-0.1, -0.05) is 30.8 Å². The summed E-state index contributed by atoms with van der Waals surface area (Å²) < 4.78 is 33.1. The van der Waals surface area contributed by atoms with Gasteiger partial charge in [0.15, 0.2) is 0 Å². The van der Waals surface area contributed by atoms with Gasteiger partial charge in [-0.15, -0.1) is 0 Å². The third-order valence-electron chi connectivity index (χ3n) is 8.48. The van der Waals surface area contributed by atoms with E-state index in [4.69, 9.17) is 28.4 Å². The summed E-state index contributed by atoms with van der Waals surface area (Å²) in [4.78, 5) is 49.7. The Kier molecular flexibility index (Phi) is 14.2. The van der Waals surface area contributed by atoms with Gasteiger partial charge in [-0.2, -0.15) is 0 Å². The topological polar surface area (TPSA) is 164 Å². The molecule has 0 saturated heterocycles. The largest absolute Gasteiger partial charge is 0.494 e. The van der Waals surface area contributed by atoms with Crippen molar-refractivity contribution in [2.45, 2.75) is 33.3 Å². The number of unbranched alkanes of at least 4 members (excludes halogenated alkanes) is 1. The van der Waals surface area contributed by atoms with Crippen molar-refractivity contribution in [1.29, 1.82) is 0 Å². The maximum atomic E-state index is 13.0. The van der Waals surface area contributed by atoms with E-state index in [1.165, 1.54) is 24.3 Å². The third kappa shape index (κ3) is 11.4. The van der Waals surface area contributed by atoms with Crippen LogP contribution in [0.5, 0.6) is 28.7 Å². The summed E-state index contributed by atoms with van der Waals surface area (Å²) in [5.74, 6) is -0.285. The van der Waals surface area contributed by atoms with Crippen LogP contribution in [-0.4, -0.2) is 54.3 Å². The standard InChI is InChI=1S/C43H39BO12/c1-4-40(45)52-26-6-5-25-51-35-17-11-32(12-18-35)41(46)54-37-19-13-33(14-20-37)43(48)56-39-24-23-38(28(2)29(39)3)55-42(47)31-9-7-30(8-10-31)27-53-36-21-15-34(16-22-36)44(49)50/h4,7-24,49-50H,1,5-6,25-27H2,2-3H3. The highest BCUT2D eigenvalue weighted by Crippen LogP contribution is 2.31. The zero-order chi connectivity index (χ0) is 40.0. The zero-order valence-corrected chi connectivity index (χ0v) is 30.8. The molecule has 5 aromatic carbocycles. The predicted octanol–water partition coefficient (Wildman–Crippen LogP) is 6.11. The van der Waals surface area contributed by atoms with Crippen LogP contribution in [0, 0.1) is 13.8 Å². The van der Waals surface area contributed by atoms with Crippen molar-refractivity contribution in [3.63, 3.8) is 0 Å². The van der Waals surface area contributed by atoms with E-state index in [1.807, 2.05) is 0 Å². The highest BCUT2D eigenvalue weighted by molar-refractivity contribution is 6.58. The minimum atomic E-state index is -1.55. The Morgan fingerprint density at radius 1 is 0.571 bits per heavy atom. The lowest BCUT2D eigenvalue weighted by molar-refractivity contribution is -0.137. The molecule has 0 spiro atoms. The number of hydrogen-bond acceptors (Lipinski definition) is 12. The lowest BCUT2D eigenvalue weighted by Gasteiger charge is -2.14. The number of ether oxygens (including phenoxy) is 6. The third-order valence-corrected chi connectivity index (χ3v) is 8.48. The fourth-order valence-corrected chi connectivity index (χ4v) is 5.09. The maximum Gasteiger partial charge on any atom is 0.488 e. The summed E-state index contributed by atoms with van der Waals surface area (Å²) >= 11 is 0. The van der Waals surface area contributed by atoms with Gasteiger partial charge < -0.3 is 38.5 Å². The summed E-state index contributed by atoms with van der Waals surface area (Å²) in [6.45, 7) is 7.78. The summed E-state index contributed by atoms with van der Waals surface area (Å²) in [6.07, 6.45) is 2.43. The van der Waals surface area contributed by atoms with E-state index in [1.54, 1.807) is 98.8 Å². The Morgan fingerprint density at radius 2 is 1.02 bits per heavy atom. The van der Waals surface area contributed by atoms with Crippen LogP contribution in [0.1, 0.15) is 60.6 Å². The number of carbonyl (C=O) groups is 4. The van der Waals surface area contributed by atoms with E-state index < -0.39 is 31.0 Å². The van der Waals surface area contributed by atoms with E-state index >= 15 is 0 Å². The number of hydrogen-bond donors (Lipinski definition) is 2. The predicted molar refractivity (Wildman–Crippen MR) is 207 cm³/mol. The van der Waals surface area contributed by atoms with Crippen molar-refractivity contribution < 1.29 is 57.6 Å². The first kappa shape index (κ1) is 40.5. The Balaban J connectivity index is 1.08. The first-order valence-electron chi connectivity index (χ1n) is 17.6. The van der Waals surface area contributed by atoms with Crippen molar-refractivity contribution >= 4 is 36.5 Å². The molecule has 0 aliphatic carbocycles. The average Bonchev–Trinajstić information content (AvgIpc) is 3.21. The van der Waals surface area contributed by atoms with Crippen molar-refractivity contribution in [2.24, 2.45) is 0 Å². The van der Waals surface area contributed by atoms with Gasteiger partial charge in [-0.05, 0) is 134 Å². The van der Waals surface area contributed by atoms with Crippen molar-refractivity contribution in [2.75, 3.05) is 13.2 Å². The molecule has 13 heteroatoms. The molecule has 0 fully saturated rings. The molecule has 12 nitrogen and oxygen atoms in total. The lowest BCUT2D eigenvalue weighted by Crippen LogP contribution is -2.29. The number of rotatable bonds is 17. The zero-order valence-electron chi connectivity index (χ0n) is 30.8. The summed E-state index contributed by atoms with van der Waals surface area (Å²) in [5.41, 5.74) is 3.25. The maximum absolute atomic E-state index is 13.0. The van der Waals surface area contributed by atoms with Crippen molar-refractivity contribution in [1.82, 2.24) is 0 Å². The molecule has 286 valence electrons. The fraction of sp³-hybridized carbons (Fsp3) is 0.163. The first-order chi connectivity index (χ1) is 27.0. The van der Waals surface area contributed by atoms with Crippen LogP contribution in [0.2, 0.25) is 0 Å². The van der Waals surface area contributed by atoms with Crippen molar-refractivity contribution in [3.8, 4) is 28.7 Å². The van der Waals surface area contributed by atoms with Gasteiger partial charge >= 0.3 is 31.0 Å². The lowest BCUT2D eigenvalue weighted by atomic mass is 9.80. The summed E-state index contributed by atoms with van der Waals surface area (Å²) in [6, 6.07) is 28.7. The van der Waals surface area contributed by atoms with E-state index in [-0.39, 0.29) is 30.3 Å². The van der Waals surface area contributed by atoms with Gasteiger partial charge in [-0.3, -0.25) is 0 Å². The molecule has 0 heterocycles. The second-order valence-electron chi connectivity index (χ2n) is 12.4. The quantitative estimate of drug-likeness (QED) is 0.0368. The molecule has 0 radical (unpaired) electrons. The van der Waals surface area contributed by atoms with Gasteiger partial charge in [0.1, 0.15) is 35.4 Å². The first-order valence-corrected chi connectivity index (χ1v) is 17.6. The van der Waals surface area contributed by atoms with Gasteiger partial charge in [-0.25, -0.2) is 19.2 Å². The molecule has 0 bridgehead atoms. The molecule has 5 rings (SSSR count). The SMILES string of the molecule is C=CC(=O)OCCCCOc1ccc(C(=O)Oc2ccc(C(=O)Oc3ccc(OC(=O)c4ccc(COc5ccc(B(O)O)cc5)cc4)c(C)c3C)cc2)cc1. The minimum Gasteiger partial charge on any atom is -0.494 e. The molecule has 56 heavy (non-hydrogen) atoms. The number of benzene rings is 5. The molecular weight excluding hydrogens is 719 g/mol. The molecule has 0 saturated carbocycles. The van der Waals surface area contributed by atoms with E-state index in [2.05, 4.69) is 6.58 Å². The van der Waals surface area contributed by atoms with Crippen LogP contribution in [0.15, 0.2) is 122 Å². The van der Waals surface area contributed by atoms with Crippen LogP contribution in [0.4, 0.5) is 0 Å². The Hall–Kier alpha value is -6.70. The molecule has 0 aliphatic rings. The highest BCUT2D eigenvalue weighted by atomic mass is 16.5. The van der Waals surface area contributed by atoms with Crippen molar-refractivity contribution in [3.05, 3.63) is 155 Å².